The quantitative estimate of drug-likeness (QED) is 0.253. The SMILES string of the molecule is O=c1[nH]c(OC[C@@]23CCCN2C[C@H](F)C3)nc2c(F)c(Br)c(Cl)c(OC[C@@H](NCC(F)F)c3cnco3)c12. The lowest BCUT2D eigenvalue weighted by Gasteiger charge is -2.30. The van der Waals surface area contributed by atoms with Crippen molar-refractivity contribution in [3.63, 3.8) is 0 Å². The minimum absolute atomic E-state index is 0.0796. The number of nitrogens with one attached hydrogen (secondary N) is 2. The van der Waals surface area contributed by atoms with Gasteiger partial charge in [-0.25, -0.2) is 22.5 Å². The molecule has 206 valence electrons. The first kappa shape index (κ1) is 27.2. The minimum Gasteiger partial charge on any atom is -0.489 e. The Balaban J connectivity index is 1.43. The first-order valence-electron chi connectivity index (χ1n) is 11.8. The van der Waals surface area contributed by atoms with E-state index in [4.69, 9.17) is 25.5 Å². The topological polar surface area (TPSA) is 106 Å². The van der Waals surface area contributed by atoms with Gasteiger partial charge in [0.25, 0.3) is 18.0 Å². The Morgan fingerprint density at radius 1 is 1.39 bits per heavy atom. The van der Waals surface area contributed by atoms with Crippen molar-refractivity contribution in [2.24, 2.45) is 0 Å². The molecular weight excluding hydrogens is 602 g/mol. The van der Waals surface area contributed by atoms with Gasteiger partial charge >= 0.3 is 0 Å². The summed E-state index contributed by atoms with van der Waals surface area (Å²) in [7, 11) is 0. The second kappa shape index (κ2) is 11.0. The van der Waals surface area contributed by atoms with Crippen LogP contribution in [0.25, 0.3) is 10.9 Å². The van der Waals surface area contributed by atoms with Gasteiger partial charge in [-0.2, -0.15) is 4.98 Å². The lowest BCUT2D eigenvalue weighted by Crippen LogP contribution is -2.43. The predicted molar refractivity (Wildman–Crippen MR) is 132 cm³/mol. The van der Waals surface area contributed by atoms with Gasteiger partial charge in [-0.1, -0.05) is 11.6 Å². The summed E-state index contributed by atoms with van der Waals surface area (Å²) in [4.78, 5) is 25.5. The van der Waals surface area contributed by atoms with Crippen molar-refractivity contribution in [1.29, 1.82) is 0 Å². The predicted octanol–water partition coefficient (Wildman–Crippen LogP) is 4.40. The molecule has 2 N–H and O–H groups in total. The van der Waals surface area contributed by atoms with E-state index in [-0.39, 0.29) is 51.1 Å². The van der Waals surface area contributed by atoms with Crippen LogP contribution in [-0.2, 0) is 0 Å². The molecule has 0 radical (unpaired) electrons. The van der Waals surface area contributed by atoms with Crippen molar-refractivity contribution in [3.05, 3.63) is 44.0 Å². The first-order valence-corrected chi connectivity index (χ1v) is 13.0. The summed E-state index contributed by atoms with van der Waals surface area (Å²) in [5, 5.41) is 2.04. The van der Waals surface area contributed by atoms with Crippen molar-refractivity contribution in [2.75, 3.05) is 32.8 Å². The number of rotatable bonds is 10. The normalized spacial score (nSPS) is 22.3. The largest absolute Gasteiger partial charge is 0.489 e. The molecule has 2 fully saturated rings. The fourth-order valence-electron chi connectivity index (χ4n) is 5.12. The number of aromatic amines is 1. The molecule has 0 saturated carbocycles. The van der Waals surface area contributed by atoms with Crippen molar-refractivity contribution < 1.29 is 31.5 Å². The molecule has 2 saturated heterocycles. The first-order chi connectivity index (χ1) is 18.2. The van der Waals surface area contributed by atoms with E-state index in [2.05, 4.69) is 36.2 Å². The number of oxazole rings is 1. The van der Waals surface area contributed by atoms with Gasteiger partial charge in [-0.05, 0) is 35.3 Å². The Bertz CT molecular complexity index is 1360. The fourth-order valence-corrected chi connectivity index (χ4v) is 5.72. The third kappa shape index (κ3) is 5.23. The summed E-state index contributed by atoms with van der Waals surface area (Å²) in [6.07, 6.45) is 0.795. The summed E-state index contributed by atoms with van der Waals surface area (Å²) < 4.78 is 71.4. The van der Waals surface area contributed by atoms with Crippen molar-refractivity contribution >= 4 is 38.4 Å². The highest BCUT2D eigenvalue weighted by atomic mass is 79.9. The Hall–Kier alpha value is -2.42. The Labute approximate surface area is 227 Å². The number of hydrogen-bond donors (Lipinski definition) is 2. The summed E-state index contributed by atoms with van der Waals surface area (Å²) in [6, 6.07) is -1.11. The van der Waals surface area contributed by atoms with Crippen LogP contribution >= 0.6 is 27.5 Å². The summed E-state index contributed by atoms with van der Waals surface area (Å²) in [6.45, 7) is 0.188. The molecule has 2 aromatic heterocycles. The molecule has 0 bridgehead atoms. The second-order valence-corrected chi connectivity index (χ2v) is 10.5. The van der Waals surface area contributed by atoms with E-state index in [1.165, 1.54) is 6.20 Å². The van der Waals surface area contributed by atoms with Gasteiger partial charge in [0, 0.05) is 13.0 Å². The highest BCUT2D eigenvalue weighted by Crippen LogP contribution is 2.42. The van der Waals surface area contributed by atoms with Crippen molar-refractivity contribution in [2.45, 2.75) is 43.4 Å². The van der Waals surface area contributed by atoms with E-state index in [1.54, 1.807) is 0 Å². The van der Waals surface area contributed by atoms with Gasteiger partial charge in [-0.3, -0.25) is 20.0 Å². The number of halogens is 6. The van der Waals surface area contributed by atoms with Crippen LogP contribution in [0.2, 0.25) is 5.02 Å². The van der Waals surface area contributed by atoms with Gasteiger partial charge in [-0.15, -0.1) is 0 Å². The van der Waals surface area contributed by atoms with Crippen LogP contribution in [0.3, 0.4) is 0 Å². The Kier molecular flexibility index (Phi) is 7.85. The van der Waals surface area contributed by atoms with Crippen LogP contribution in [0.5, 0.6) is 11.8 Å². The summed E-state index contributed by atoms with van der Waals surface area (Å²) in [5.74, 6) is -0.922. The van der Waals surface area contributed by atoms with Crippen LogP contribution in [0.15, 0.2) is 26.3 Å². The molecule has 0 amide bonds. The maximum atomic E-state index is 15.2. The van der Waals surface area contributed by atoms with Gasteiger partial charge in [0.15, 0.2) is 18.0 Å². The number of H-pyrrole nitrogens is 1. The Morgan fingerprint density at radius 2 is 2.21 bits per heavy atom. The van der Waals surface area contributed by atoms with E-state index in [0.717, 1.165) is 25.8 Å². The molecule has 38 heavy (non-hydrogen) atoms. The molecule has 3 aromatic rings. The van der Waals surface area contributed by atoms with Gasteiger partial charge in [0.05, 0.1) is 22.8 Å². The lowest BCUT2D eigenvalue weighted by atomic mass is 9.95. The van der Waals surface area contributed by atoms with Gasteiger partial charge < -0.3 is 13.9 Å². The van der Waals surface area contributed by atoms with Crippen molar-refractivity contribution in [3.8, 4) is 11.8 Å². The zero-order valence-electron chi connectivity index (χ0n) is 19.8. The molecule has 15 heteroatoms. The lowest BCUT2D eigenvalue weighted by molar-refractivity contribution is 0.107. The highest BCUT2D eigenvalue weighted by molar-refractivity contribution is 9.10. The van der Waals surface area contributed by atoms with Crippen LogP contribution < -0.4 is 20.3 Å². The van der Waals surface area contributed by atoms with E-state index < -0.39 is 42.1 Å². The van der Waals surface area contributed by atoms with E-state index in [9.17, 15) is 18.0 Å². The average molecular weight is 625 g/mol. The molecule has 2 aliphatic heterocycles. The fraction of sp³-hybridized carbons (Fsp3) is 0.522. The highest BCUT2D eigenvalue weighted by Gasteiger charge is 2.49. The number of ether oxygens (including phenoxy) is 2. The number of aromatic nitrogens is 3. The second-order valence-electron chi connectivity index (χ2n) is 9.30. The van der Waals surface area contributed by atoms with Crippen LogP contribution in [0.4, 0.5) is 17.6 Å². The number of hydrogen-bond acceptors (Lipinski definition) is 8. The third-order valence-electron chi connectivity index (χ3n) is 6.86. The number of alkyl halides is 3. The Morgan fingerprint density at radius 3 is 2.95 bits per heavy atom. The van der Waals surface area contributed by atoms with Crippen LogP contribution in [0, 0.1) is 5.82 Å². The number of nitrogens with zero attached hydrogens (tertiary/aromatic N) is 3. The molecule has 0 aliphatic carbocycles. The minimum atomic E-state index is -2.65. The molecule has 5 rings (SSSR count). The van der Waals surface area contributed by atoms with E-state index in [0.29, 0.717) is 13.0 Å². The summed E-state index contributed by atoms with van der Waals surface area (Å²) >= 11 is 9.36. The maximum Gasteiger partial charge on any atom is 0.297 e. The standard InChI is InChI=1S/C23H23BrClF4N5O4/c24-16-17(25)20(36-8-12(31-6-14(27)28)13-5-30-10-38-13)15-19(18(16)29)32-22(33-21(15)35)37-9-23-2-1-3-34(23)7-11(26)4-23/h5,10-12,14,31H,1-4,6-9H2,(H,32,33,35)/t11-,12-,23+/m1/s1. The molecule has 3 atom stereocenters. The van der Waals surface area contributed by atoms with Crippen LogP contribution in [0.1, 0.15) is 31.1 Å². The third-order valence-corrected chi connectivity index (χ3v) is 8.20. The molecule has 4 heterocycles. The molecule has 0 unspecified atom stereocenters. The van der Waals surface area contributed by atoms with Crippen LogP contribution in [-0.4, -0.2) is 70.8 Å². The number of fused-ring (bicyclic) bond motifs is 2. The molecular formula is C23H23BrClF4N5O4. The van der Waals surface area contributed by atoms with Gasteiger partial charge in [0.1, 0.15) is 47.1 Å². The zero-order valence-corrected chi connectivity index (χ0v) is 22.1. The smallest absolute Gasteiger partial charge is 0.297 e. The maximum absolute atomic E-state index is 15.2. The zero-order chi connectivity index (χ0) is 27.0. The molecule has 0 spiro atoms. The monoisotopic (exact) mass is 623 g/mol. The number of benzene rings is 1. The molecule has 9 nitrogen and oxygen atoms in total. The van der Waals surface area contributed by atoms with E-state index in [1.807, 2.05) is 4.90 Å². The summed E-state index contributed by atoms with van der Waals surface area (Å²) in [5.41, 5.74) is -1.66. The molecule has 2 aliphatic rings. The molecule has 1 aromatic carbocycles. The van der Waals surface area contributed by atoms with E-state index >= 15 is 4.39 Å². The average Bonchev–Trinajstić information content (AvgIpc) is 3.60. The van der Waals surface area contributed by atoms with Crippen molar-refractivity contribution in [1.82, 2.24) is 25.2 Å². The van der Waals surface area contributed by atoms with Gasteiger partial charge in [0.2, 0.25) is 0 Å².